The molecule has 0 radical (unpaired) electrons. The van der Waals surface area contributed by atoms with Gasteiger partial charge in [-0.15, -0.1) is 0 Å². The number of nitrogens with one attached hydrogen (secondary N) is 1. The Kier molecular flexibility index (Phi) is 5.82. The van der Waals surface area contributed by atoms with Gasteiger partial charge >= 0.3 is 5.97 Å². The van der Waals surface area contributed by atoms with Crippen LogP contribution in [0.1, 0.15) is 36.5 Å². The second-order valence-electron chi connectivity index (χ2n) is 4.28. The van der Waals surface area contributed by atoms with Gasteiger partial charge in [-0.1, -0.05) is 29.3 Å². The third-order valence-corrected chi connectivity index (χ3v) is 3.16. The Balaban J connectivity index is 2.96. The van der Waals surface area contributed by atoms with E-state index in [1.54, 1.807) is 18.2 Å². The first kappa shape index (κ1) is 15.5. The summed E-state index contributed by atoms with van der Waals surface area (Å²) < 4.78 is 0.797. The summed E-state index contributed by atoms with van der Waals surface area (Å²) in [7, 11) is 0. The lowest BCUT2D eigenvalue weighted by molar-refractivity contribution is -0.137. The predicted molar refractivity (Wildman–Crippen MR) is 77.2 cm³/mol. The summed E-state index contributed by atoms with van der Waals surface area (Å²) in [6, 6.07) is 4.83. The van der Waals surface area contributed by atoms with Crippen molar-refractivity contribution in [1.82, 2.24) is 0 Å². The minimum atomic E-state index is -0.874. The van der Waals surface area contributed by atoms with Crippen molar-refractivity contribution in [2.75, 3.05) is 5.32 Å². The molecule has 0 heterocycles. The Bertz CT molecular complexity index is 477. The Morgan fingerprint density at radius 1 is 1.47 bits per heavy atom. The van der Waals surface area contributed by atoms with E-state index in [0.29, 0.717) is 17.7 Å². The molecule has 4 N–H and O–H groups in total. The smallest absolute Gasteiger partial charge is 0.305 e. The average Bonchev–Trinajstić information content (AvgIpc) is 2.27. The first-order chi connectivity index (χ1) is 8.93. The largest absolute Gasteiger partial charge is 0.481 e. The van der Waals surface area contributed by atoms with Crippen molar-refractivity contribution in [3.05, 3.63) is 28.2 Å². The third-order valence-electron chi connectivity index (χ3n) is 2.66. The van der Waals surface area contributed by atoms with Crippen LogP contribution >= 0.6 is 15.9 Å². The van der Waals surface area contributed by atoms with E-state index >= 15 is 0 Å². The van der Waals surface area contributed by atoms with Crippen LogP contribution in [0.25, 0.3) is 0 Å². The minimum absolute atomic E-state index is 0.00143. The van der Waals surface area contributed by atoms with E-state index < -0.39 is 11.9 Å². The van der Waals surface area contributed by atoms with Crippen LogP contribution in [0.3, 0.4) is 0 Å². The molecule has 19 heavy (non-hydrogen) atoms. The Labute approximate surface area is 120 Å². The van der Waals surface area contributed by atoms with Crippen LogP contribution in [0, 0.1) is 0 Å². The van der Waals surface area contributed by atoms with Crippen molar-refractivity contribution in [3.63, 3.8) is 0 Å². The SMILES string of the molecule is CCCC(CC(=O)O)Nc1cc(Br)ccc1C(N)=O. The van der Waals surface area contributed by atoms with Gasteiger partial charge in [0.05, 0.1) is 12.0 Å². The molecule has 0 bridgehead atoms. The van der Waals surface area contributed by atoms with Gasteiger partial charge in [-0.05, 0) is 24.6 Å². The maximum Gasteiger partial charge on any atom is 0.305 e. The molecule has 0 aliphatic rings. The molecule has 1 atom stereocenters. The highest BCUT2D eigenvalue weighted by atomic mass is 79.9. The third kappa shape index (κ3) is 4.90. The van der Waals surface area contributed by atoms with E-state index in [1.165, 1.54) is 0 Å². The highest BCUT2D eigenvalue weighted by Gasteiger charge is 2.16. The van der Waals surface area contributed by atoms with Crippen LogP contribution in [0.15, 0.2) is 22.7 Å². The highest BCUT2D eigenvalue weighted by molar-refractivity contribution is 9.10. The van der Waals surface area contributed by atoms with Crippen molar-refractivity contribution in [3.8, 4) is 0 Å². The Hall–Kier alpha value is -1.56. The fraction of sp³-hybridized carbons (Fsp3) is 0.385. The number of primary amides is 1. The van der Waals surface area contributed by atoms with E-state index in [0.717, 1.165) is 10.9 Å². The summed E-state index contributed by atoms with van der Waals surface area (Å²) in [5.41, 5.74) is 6.22. The van der Waals surface area contributed by atoms with Gasteiger partial charge in [-0.2, -0.15) is 0 Å². The summed E-state index contributed by atoms with van der Waals surface area (Å²) in [6.07, 6.45) is 1.56. The number of carbonyl (C=O) groups is 2. The topological polar surface area (TPSA) is 92.4 Å². The van der Waals surface area contributed by atoms with Gasteiger partial charge in [0.25, 0.3) is 5.91 Å². The molecule has 1 aromatic rings. The minimum Gasteiger partial charge on any atom is -0.481 e. The number of carbonyl (C=O) groups excluding carboxylic acids is 1. The quantitative estimate of drug-likeness (QED) is 0.717. The van der Waals surface area contributed by atoms with Gasteiger partial charge in [0.1, 0.15) is 0 Å². The standard InChI is InChI=1S/C13H17BrN2O3/c1-2-3-9(7-12(17)18)16-11-6-8(14)4-5-10(11)13(15)19/h4-6,9,16H,2-3,7H2,1H3,(H2,15,19)(H,17,18). The van der Waals surface area contributed by atoms with Crippen molar-refractivity contribution in [2.24, 2.45) is 5.73 Å². The number of hydrogen-bond donors (Lipinski definition) is 3. The molecule has 0 aromatic heterocycles. The average molecular weight is 329 g/mol. The number of benzene rings is 1. The first-order valence-electron chi connectivity index (χ1n) is 6.01. The number of rotatable bonds is 7. The number of anilines is 1. The molecule has 0 spiro atoms. The van der Waals surface area contributed by atoms with Crippen LogP contribution in [-0.4, -0.2) is 23.0 Å². The Morgan fingerprint density at radius 2 is 2.16 bits per heavy atom. The van der Waals surface area contributed by atoms with Gasteiger partial charge in [0.15, 0.2) is 0 Å². The number of hydrogen-bond acceptors (Lipinski definition) is 3. The lowest BCUT2D eigenvalue weighted by atomic mass is 10.1. The van der Waals surface area contributed by atoms with Crippen LogP contribution in [-0.2, 0) is 4.79 Å². The molecule has 0 saturated carbocycles. The summed E-state index contributed by atoms with van der Waals surface area (Å²) in [4.78, 5) is 22.2. The van der Waals surface area contributed by atoms with E-state index in [1.807, 2.05) is 6.92 Å². The van der Waals surface area contributed by atoms with Gasteiger partial charge in [0, 0.05) is 16.2 Å². The molecular formula is C13H17BrN2O3. The summed E-state index contributed by atoms with van der Waals surface area (Å²) >= 11 is 3.32. The summed E-state index contributed by atoms with van der Waals surface area (Å²) in [5.74, 6) is -1.41. The zero-order valence-electron chi connectivity index (χ0n) is 10.6. The molecule has 1 rings (SSSR count). The molecule has 104 valence electrons. The van der Waals surface area contributed by atoms with Gasteiger partial charge in [-0.3, -0.25) is 9.59 Å². The molecule has 5 nitrogen and oxygen atoms in total. The second-order valence-corrected chi connectivity index (χ2v) is 5.20. The number of carboxylic acids is 1. The molecule has 1 amide bonds. The number of amides is 1. The fourth-order valence-electron chi connectivity index (χ4n) is 1.86. The zero-order chi connectivity index (χ0) is 14.4. The van der Waals surface area contributed by atoms with Crippen LogP contribution in [0.4, 0.5) is 5.69 Å². The highest BCUT2D eigenvalue weighted by Crippen LogP contribution is 2.23. The maximum atomic E-state index is 11.3. The van der Waals surface area contributed by atoms with Gasteiger partial charge in [-0.25, -0.2) is 0 Å². The number of halogens is 1. The lowest BCUT2D eigenvalue weighted by Crippen LogP contribution is -2.25. The first-order valence-corrected chi connectivity index (χ1v) is 6.81. The summed E-state index contributed by atoms with van der Waals surface area (Å²) in [6.45, 7) is 1.98. The normalized spacial score (nSPS) is 11.9. The maximum absolute atomic E-state index is 11.3. The molecule has 6 heteroatoms. The van der Waals surface area contributed by atoms with Crippen molar-refractivity contribution in [1.29, 1.82) is 0 Å². The van der Waals surface area contributed by atoms with Crippen molar-refractivity contribution in [2.45, 2.75) is 32.2 Å². The number of aliphatic carboxylic acids is 1. The number of nitrogens with two attached hydrogens (primary N) is 1. The molecule has 0 aliphatic carbocycles. The van der Waals surface area contributed by atoms with Crippen LogP contribution < -0.4 is 11.1 Å². The van der Waals surface area contributed by atoms with Gasteiger partial charge < -0.3 is 16.2 Å². The summed E-state index contributed by atoms with van der Waals surface area (Å²) in [5, 5.41) is 12.0. The van der Waals surface area contributed by atoms with E-state index in [2.05, 4.69) is 21.2 Å². The fourth-order valence-corrected chi connectivity index (χ4v) is 2.22. The molecule has 1 unspecified atom stereocenters. The van der Waals surface area contributed by atoms with Crippen LogP contribution in [0.5, 0.6) is 0 Å². The van der Waals surface area contributed by atoms with Crippen LogP contribution in [0.2, 0.25) is 0 Å². The van der Waals surface area contributed by atoms with Gasteiger partial charge in [0.2, 0.25) is 0 Å². The molecule has 0 saturated heterocycles. The van der Waals surface area contributed by atoms with E-state index in [-0.39, 0.29) is 12.5 Å². The molecular weight excluding hydrogens is 312 g/mol. The molecule has 0 fully saturated rings. The molecule has 1 aromatic carbocycles. The van der Waals surface area contributed by atoms with Crippen molar-refractivity contribution < 1.29 is 14.7 Å². The zero-order valence-corrected chi connectivity index (χ0v) is 12.2. The lowest BCUT2D eigenvalue weighted by Gasteiger charge is -2.19. The number of carboxylic acid groups (broad SMARTS) is 1. The van der Waals surface area contributed by atoms with E-state index in [4.69, 9.17) is 10.8 Å². The Morgan fingerprint density at radius 3 is 2.68 bits per heavy atom. The second kappa shape index (κ2) is 7.13. The monoisotopic (exact) mass is 328 g/mol. The molecule has 0 aliphatic heterocycles. The predicted octanol–water partition coefficient (Wildman–Crippen LogP) is 2.60. The van der Waals surface area contributed by atoms with E-state index in [9.17, 15) is 9.59 Å². The van der Waals surface area contributed by atoms with Crippen molar-refractivity contribution >= 4 is 33.5 Å².